The van der Waals surface area contributed by atoms with E-state index in [4.69, 9.17) is 18.9 Å². The molecule has 37 heavy (non-hydrogen) atoms. The van der Waals surface area contributed by atoms with Crippen LogP contribution in [0.1, 0.15) is 11.8 Å². The minimum Gasteiger partial charge on any atom is -0.438 e. The Bertz CT molecular complexity index is 1220. The highest BCUT2D eigenvalue weighted by Gasteiger charge is 2.62. The van der Waals surface area contributed by atoms with Crippen LogP contribution in [0.15, 0.2) is 23.5 Å². The van der Waals surface area contributed by atoms with Crippen LogP contribution >= 0.6 is 0 Å². The highest BCUT2D eigenvalue weighted by atomic mass is 16.8. The van der Waals surface area contributed by atoms with Crippen molar-refractivity contribution in [2.75, 3.05) is 42.0 Å². The molecule has 16 heteroatoms. The Kier molecular flexibility index (Phi) is 8.30. The molecule has 0 bridgehead atoms. The highest BCUT2D eigenvalue weighted by Crippen LogP contribution is 2.44. The summed E-state index contributed by atoms with van der Waals surface area (Å²) in [4.78, 5) is 46.1. The zero-order valence-electron chi connectivity index (χ0n) is 20.5. The van der Waals surface area contributed by atoms with Crippen LogP contribution in [-0.4, -0.2) is 104 Å². The van der Waals surface area contributed by atoms with E-state index in [0.29, 0.717) is 11.3 Å². The van der Waals surface area contributed by atoms with E-state index >= 15 is 0 Å². The van der Waals surface area contributed by atoms with Crippen LogP contribution < -0.4 is 0 Å². The SMILES string of the molecule is COC(=O)OC[C@@]1(C#N)O[C@@H](c2ccc3c(N=CN(C)C)ncnn23)[C@H](OC(=O)OC)[C@@H]1OC(=O)OC. The third-order valence-corrected chi connectivity index (χ3v) is 5.11. The maximum atomic E-state index is 12.1. The van der Waals surface area contributed by atoms with Gasteiger partial charge >= 0.3 is 18.5 Å². The normalized spacial score (nSPS) is 22.8. The van der Waals surface area contributed by atoms with Crippen molar-refractivity contribution in [3.63, 3.8) is 0 Å². The predicted molar refractivity (Wildman–Crippen MR) is 120 cm³/mol. The summed E-state index contributed by atoms with van der Waals surface area (Å²) in [5.41, 5.74) is -1.45. The second kappa shape index (κ2) is 11.4. The Balaban J connectivity index is 2.14. The van der Waals surface area contributed by atoms with Gasteiger partial charge in [-0.1, -0.05) is 0 Å². The number of aliphatic imine (C=N–C) groups is 1. The molecule has 0 saturated carbocycles. The van der Waals surface area contributed by atoms with E-state index in [1.165, 1.54) is 17.2 Å². The van der Waals surface area contributed by atoms with Gasteiger partial charge in [0.2, 0.25) is 5.60 Å². The van der Waals surface area contributed by atoms with Crippen molar-refractivity contribution in [2.24, 2.45) is 4.99 Å². The molecule has 3 rings (SSSR count). The van der Waals surface area contributed by atoms with Crippen molar-refractivity contribution >= 4 is 36.1 Å². The average molecular weight is 520 g/mol. The number of ether oxygens (including phenoxy) is 7. The van der Waals surface area contributed by atoms with E-state index in [2.05, 4.69) is 29.3 Å². The molecule has 1 saturated heterocycles. The summed E-state index contributed by atoms with van der Waals surface area (Å²) in [6, 6.07) is 5.05. The molecule has 0 N–H and O–H groups in total. The maximum absolute atomic E-state index is 12.1. The van der Waals surface area contributed by atoms with Crippen LogP contribution in [0.3, 0.4) is 0 Å². The van der Waals surface area contributed by atoms with Gasteiger partial charge < -0.3 is 38.1 Å². The zero-order valence-corrected chi connectivity index (χ0v) is 20.5. The smallest absolute Gasteiger partial charge is 0.438 e. The van der Waals surface area contributed by atoms with Crippen molar-refractivity contribution in [1.82, 2.24) is 19.5 Å². The summed E-state index contributed by atoms with van der Waals surface area (Å²) in [6.45, 7) is -0.758. The highest BCUT2D eigenvalue weighted by molar-refractivity contribution is 5.71. The van der Waals surface area contributed by atoms with Gasteiger partial charge in [-0.25, -0.2) is 28.9 Å². The molecule has 0 amide bonds. The first-order valence-corrected chi connectivity index (χ1v) is 10.5. The Morgan fingerprint density at radius 1 is 1.16 bits per heavy atom. The molecule has 2 aromatic rings. The molecule has 2 aromatic heterocycles. The molecule has 1 fully saturated rings. The number of hydrogen-bond acceptors (Lipinski definition) is 14. The summed E-state index contributed by atoms with van der Waals surface area (Å²) in [5.74, 6) is 0.307. The van der Waals surface area contributed by atoms with E-state index in [1.807, 2.05) is 6.07 Å². The molecule has 1 aliphatic rings. The minimum absolute atomic E-state index is 0.265. The fourth-order valence-electron chi connectivity index (χ4n) is 3.50. The third-order valence-electron chi connectivity index (χ3n) is 5.11. The van der Waals surface area contributed by atoms with Crippen molar-refractivity contribution in [2.45, 2.75) is 23.9 Å². The lowest BCUT2D eigenvalue weighted by Crippen LogP contribution is -2.49. The Morgan fingerprint density at radius 2 is 1.84 bits per heavy atom. The molecule has 0 radical (unpaired) electrons. The van der Waals surface area contributed by atoms with E-state index in [0.717, 1.165) is 21.3 Å². The van der Waals surface area contributed by atoms with Crippen molar-refractivity contribution in [1.29, 1.82) is 5.26 Å². The lowest BCUT2D eigenvalue weighted by atomic mass is 9.95. The monoisotopic (exact) mass is 520 g/mol. The molecule has 0 aromatic carbocycles. The number of methoxy groups -OCH3 is 3. The zero-order chi connectivity index (χ0) is 27.2. The van der Waals surface area contributed by atoms with Gasteiger partial charge in [0.05, 0.1) is 33.4 Å². The van der Waals surface area contributed by atoms with Crippen LogP contribution in [0.5, 0.6) is 0 Å². The maximum Gasteiger partial charge on any atom is 0.508 e. The van der Waals surface area contributed by atoms with Gasteiger partial charge in [-0.2, -0.15) is 10.4 Å². The van der Waals surface area contributed by atoms with Gasteiger partial charge in [0.25, 0.3) is 0 Å². The third kappa shape index (κ3) is 5.62. The summed E-state index contributed by atoms with van der Waals surface area (Å²) in [7, 11) is 6.74. The first-order chi connectivity index (χ1) is 17.7. The standard InChI is InChI=1S/C21H24N6O10/c1-26(2)11-24-17-13-7-6-12(27(13)25-10-23-17)14-15(35-19(29)32-4)16(36-20(30)33-5)21(8-22,37-14)9-34-18(28)31-3/h6-7,10-11,14-16H,9H2,1-5H3/t14-,15-,16-,21+/m0/s1. The number of fused-ring (bicyclic) bond motifs is 1. The largest absolute Gasteiger partial charge is 0.508 e. The topological polar surface area (TPSA) is 185 Å². The number of nitriles is 1. The quantitative estimate of drug-likeness (QED) is 0.220. The number of aromatic nitrogens is 3. The molecular formula is C21H24N6O10. The lowest BCUT2D eigenvalue weighted by molar-refractivity contribution is -0.0933. The number of carbonyl (C=O) groups excluding carboxylic acids is 3. The van der Waals surface area contributed by atoms with Gasteiger partial charge in [0.15, 0.2) is 18.0 Å². The van der Waals surface area contributed by atoms with E-state index in [9.17, 15) is 19.6 Å². The van der Waals surface area contributed by atoms with Crippen LogP contribution in [0.25, 0.3) is 5.52 Å². The predicted octanol–water partition coefficient (Wildman–Crippen LogP) is 1.37. The number of nitrogens with zero attached hydrogens (tertiary/aromatic N) is 6. The molecule has 0 unspecified atom stereocenters. The molecule has 4 atom stereocenters. The molecule has 3 heterocycles. The number of rotatable bonds is 7. The van der Waals surface area contributed by atoms with E-state index < -0.39 is 49.0 Å². The molecular weight excluding hydrogens is 496 g/mol. The van der Waals surface area contributed by atoms with Crippen LogP contribution in [0, 0.1) is 11.3 Å². The second-order valence-electron chi connectivity index (χ2n) is 7.66. The van der Waals surface area contributed by atoms with Crippen molar-refractivity contribution in [3.05, 3.63) is 24.2 Å². The van der Waals surface area contributed by atoms with E-state index in [-0.39, 0.29) is 5.69 Å². The van der Waals surface area contributed by atoms with Gasteiger partial charge in [-0.05, 0) is 12.1 Å². The fourth-order valence-corrected chi connectivity index (χ4v) is 3.50. The molecule has 0 aliphatic carbocycles. The summed E-state index contributed by atoms with van der Waals surface area (Å²) in [5, 5.41) is 14.3. The van der Waals surface area contributed by atoms with Gasteiger partial charge in [-0.15, -0.1) is 0 Å². The van der Waals surface area contributed by atoms with Crippen LogP contribution in [0.4, 0.5) is 20.2 Å². The summed E-state index contributed by atoms with van der Waals surface area (Å²) < 4.78 is 36.6. The molecule has 1 aliphatic heterocycles. The van der Waals surface area contributed by atoms with Gasteiger partial charge in [0.1, 0.15) is 30.6 Å². The Hall–Kier alpha value is -4.65. The number of hydrogen-bond donors (Lipinski definition) is 0. The average Bonchev–Trinajstić information content (AvgIpc) is 3.45. The van der Waals surface area contributed by atoms with Crippen molar-refractivity contribution < 1.29 is 47.5 Å². The fraction of sp³-hybridized carbons (Fsp3) is 0.476. The molecule has 0 spiro atoms. The van der Waals surface area contributed by atoms with E-state index in [1.54, 1.807) is 31.1 Å². The second-order valence-corrected chi connectivity index (χ2v) is 7.66. The molecule has 198 valence electrons. The Labute approximate surface area is 210 Å². The minimum atomic E-state index is -2.16. The Morgan fingerprint density at radius 3 is 2.46 bits per heavy atom. The summed E-state index contributed by atoms with van der Waals surface area (Å²) >= 11 is 0. The van der Waals surface area contributed by atoms with Crippen LogP contribution in [0.2, 0.25) is 0 Å². The van der Waals surface area contributed by atoms with Crippen LogP contribution in [-0.2, 0) is 33.2 Å². The van der Waals surface area contributed by atoms with Gasteiger partial charge in [0, 0.05) is 14.1 Å². The van der Waals surface area contributed by atoms with Gasteiger partial charge in [-0.3, -0.25) is 0 Å². The lowest BCUT2D eigenvalue weighted by Gasteiger charge is -2.27. The molecule has 16 nitrogen and oxygen atoms in total. The first kappa shape index (κ1) is 26.9. The van der Waals surface area contributed by atoms with Crippen molar-refractivity contribution in [3.8, 4) is 6.07 Å². The number of carbonyl (C=O) groups is 3. The summed E-state index contributed by atoms with van der Waals surface area (Å²) in [6.07, 6.45) is -5.13. The first-order valence-electron chi connectivity index (χ1n) is 10.5.